The highest BCUT2D eigenvalue weighted by Gasteiger charge is 2.24. The Balaban J connectivity index is 1.36. The molecule has 4 aromatic heterocycles. The summed E-state index contributed by atoms with van der Waals surface area (Å²) >= 11 is 5.57. The van der Waals surface area contributed by atoms with Crippen LogP contribution in [0, 0.1) is 4.91 Å². The first-order chi connectivity index (χ1) is 24.2. The molecule has 0 radical (unpaired) electrons. The number of anilines is 4. The second-order valence-corrected chi connectivity index (χ2v) is 12.3. The van der Waals surface area contributed by atoms with Gasteiger partial charge in [-0.25, -0.2) is 4.79 Å². The van der Waals surface area contributed by atoms with E-state index >= 15 is 0 Å². The minimum Gasteiger partial charge on any atom is -0.355 e. The molecule has 0 saturated heterocycles. The van der Waals surface area contributed by atoms with Gasteiger partial charge in [-0.1, -0.05) is 0 Å². The monoisotopic (exact) mass is 724 g/mol. The van der Waals surface area contributed by atoms with Crippen LogP contribution in [0.4, 0.5) is 27.5 Å². The van der Waals surface area contributed by atoms with Crippen molar-refractivity contribution in [2.45, 2.75) is 6.42 Å². The van der Waals surface area contributed by atoms with Crippen molar-refractivity contribution in [3.63, 3.8) is 0 Å². The molecule has 0 atom stereocenters. The van der Waals surface area contributed by atoms with Crippen molar-refractivity contribution in [2.75, 3.05) is 87.8 Å². The van der Waals surface area contributed by atoms with Gasteiger partial charge in [-0.05, 0) is 51.3 Å². The third-order valence-electron chi connectivity index (χ3n) is 8.01. The Morgan fingerprint density at radius 2 is 1.06 bits per heavy atom. The highest BCUT2D eigenvalue weighted by Crippen LogP contribution is 2.24. The molecule has 6 amide bonds. The Labute approximate surface area is 298 Å². The van der Waals surface area contributed by atoms with Crippen LogP contribution < -0.4 is 20.0 Å². The van der Waals surface area contributed by atoms with E-state index in [4.69, 9.17) is 11.6 Å². The van der Waals surface area contributed by atoms with Crippen molar-refractivity contribution >= 4 is 64.0 Å². The van der Waals surface area contributed by atoms with Crippen LogP contribution in [0.3, 0.4) is 0 Å². The zero-order valence-corrected chi connectivity index (χ0v) is 29.9. The number of nitroso groups, excluding NO2 is 1. The Hall–Kier alpha value is -5.88. The maximum atomic E-state index is 13.4. The van der Waals surface area contributed by atoms with Crippen LogP contribution in [-0.4, -0.2) is 132 Å². The number of hydrogen-bond acceptors (Lipinski definition) is 8. The van der Waals surface area contributed by atoms with Crippen LogP contribution in [0.2, 0.25) is 0 Å². The van der Waals surface area contributed by atoms with Crippen molar-refractivity contribution in [1.82, 2.24) is 34.7 Å². The summed E-state index contributed by atoms with van der Waals surface area (Å²) in [6.07, 6.45) is 6.80. The lowest BCUT2D eigenvalue weighted by molar-refractivity contribution is 0.0784. The Bertz CT molecular complexity index is 1880. The molecule has 0 unspecified atom stereocenters. The summed E-state index contributed by atoms with van der Waals surface area (Å²) < 4.78 is 0. The highest BCUT2D eigenvalue weighted by atomic mass is 35.5. The molecule has 0 spiro atoms. The van der Waals surface area contributed by atoms with Gasteiger partial charge in [-0.2, -0.15) is 5.01 Å². The molecule has 0 aliphatic heterocycles. The number of aromatic nitrogens is 4. The average Bonchev–Trinajstić information content (AvgIpc) is 3.95. The van der Waals surface area contributed by atoms with E-state index in [-0.39, 0.29) is 47.0 Å². The van der Waals surface area contributed by atoms with E-state index < -0.39 is 17.8 Å². The fourth-order valence-corrected chi connectivity index (χ4v) is 5.12. The third kappa shape index (κ3) is 9.03. The number of aromatic amines is 4. The maximum absolute atomic E-state index is 13.4. The molecule has 272 valence electrons. The zero-order chi connectivity index (χ0) is 37.4. The molecule has 4 aromatic rings. The number of H-pyrrole nitrogens is 4. The van der Waals surface area contributed by atoms with Crippen molar-refractivity contribution < 1.29 is 24.0 Å². The Morgan fingerprint density at radius 1 is 0.627 bits per heavy atom. The van der Waals surface area contributed by atoms with E-state index in [0.29, 0.717) is 34.3 Å². The van der Waals surface area contributed by atoms with Gasteiger partial charge in [-0.15, -0.1) is 16.5 Å². The molecule has 4 heterocycles. The van der Waals surface area contributed by atoms with Gasteiger partial charge in [0, 0.05) is 65.4 Å². The van der Waals surface area contributed by atoms with E-state index in [1.165, 1.54) is 58.5 Å². The number of carbonyl (C=O) groups excluding carboxylic acids is 5. The Kier molecular flexibility index (Phi) is 12.4. The molecule has 18 nitrogen and oxygen atoms in total. The fraction of sp³-hybridized carbons (Fsp3) is 0.344. The molecule has 5 N–H and O–H groups in total. The predicted molar refractivity (Wildman–Crippen MR) is 194 cm³/mol. The normalized spacial score (nSPS) is 10.9. The molecule has 0 saturated carbocycles. The molecule has 51 heavy (non-hydrogen) atoms. The molecule has 4 rings (SSSR count). The number of alkyl halides is 1. The first-order valence-electron chi connectivity index (χ1n) is 15.7. The minimum absolute atomic E-state index is 0.0121. The molecule has 0 fully saturated rings. The number of amides is 6. The number of halogens is 1. The number of nitrogens with zero attached hydrogens (tertiary/aromatic N) is 7. The summed E-state index contributed by atoms with van der Waals surface area (Å²) in [7, 11) is 10.3. The SMILES string of the molecule is CN(C)CCCN(C)C(=O)c1cc(N(C)C(=O)c2cc(N(C)C(=O)c3cc(N(C)C(=O)c4cc(NC(=O)N(CCCl)N=O)c[nH]4)c[nH]3)c[nH]2)c[nH]1. The molecule has 0 bridgehead atoms. The lowest BCUT2D eigenvalue weighted by atomic mass is 10.3. The molecule has 19 heteroatoms. The van der Waals surface area contributed by atoms with Crippen molar-refractivity contribution in [3.8, 4) is 0 Å². The third-order valence-corrected chi connectivity index (χ3v) is 8.18. The van der Waals surface area contributed by atoms with E-state index in [9.17, 15) is 28.9 Å². The Morgan fingerprint density at radius 3 is 1.49 bits per heavy atom. The first kappa shape index (κ1) is 37.9. The van der Waals surface area contributed by atoms with Crippen molar-refractivity contribution in [3.05, 3.63) is 76.7 Å². The predicted octanol–water partition coefficient (Wildman–Crippen LogP) is 3.61. The van der Waals surface area contributed by atoms with Crippen LogP contribution in [0.5, 0.6) is 0 Å². The quantitative estimate of drug-likeness (QED) is 0.0698. The number of carbonyl (C=O) groups is 5. The molecular formula is C32H41ClN12O6. The second-order valence-electron chi connectivity index (χ2n) is 11.9. The number of nitrogens with one attached hydrogen (secondary N) is 5. The summed E-state index contributed by atoms with van der Waals surface area (Å²) in [5.41, 5.74) is 2.39. The van der Waals surface area contributed by atoms with Crippen LogP contribution in [0.1, 0.15) is 48.4 Å². The molecule has 0 aromatic carbocycles. The van der Waals surface area contributed by atoms with E-state index in [1.54, 1.807) is 38.3 Å². The van der Waals surface area contributed by atoms with Gasteiger partial charge in [0.2, 0.25) is 0 Å². The summed E-state index contributed by atoms with van der Waals surface area (Å²) in [6.45, 7) is 1.36. The maximum Gasteiger partial charge on any atom is 0.344 e. The van der Waals surface area contributed by atoms with Gasteiger partial charge in [0.15, 0.2) is 0 Å². The van der Waals surface area contributed by atoms with Crippen LogP contribution in [0.15, 0.2) is 54.3 Å². The van der Waals surface area contributed by atoms with E-state index in [1.807, 2.05) is 14.1 Å². The lowest BCUT2D eigenvalue weighted by Gasteiger charge is -2.18. The van der Waals surface area contributed by atoms with Gasteiger partial charge in [0.05, 0.1) is 34.6 Å². The topological polar surface area (TPSA) is 209 Å². The standard InChI is InChI=1S/C32H41ClN12O6/c1-40(2)9-7-10-41(3)28(46)25-13-21(17-35-25)43(5)30(48)27-15-23(19-37-27)44(6)31(49)26-14-22(18-36-26)42(4)29(47)24-12-20(16-34-24)38-32(50)45(39-51)11-8-33/h12-19,34-37H,7-11H2,1-6H3,(H,38,50). The van der Waals surface area contributed by atoms with Gasteiger partial charge in [0.1, 0.15) is 22.8 Å². The number of hydrogen-bond donors (Lipinski definition) is 5. The van der Waals surface area contributed by atoms with Crippen LogP contribution in [-0.2, 0) is 0 Å². The molecular weight excluding hydrogens is 684 g/mol. The van der Waals surface area contributed by atoms with Crippen LogP contribution in [0.25, 0.3) is 0 Å². The number of urea groups is 1. The van der Waals surface area contributed by atoms with Crippen molar-refractivity contribution in [1.29, 1.82) is 0 Å². The van der Waals surface area contributed by atoms with E-state index in [2.05, 4.69) is 35.4 Å². The second kappa shape index (κ2) is 16.7. The smallest absolute Gasteiger partial charge is 0.344 e. The van der Waals surface area contributed by atoms with Gasteiger partial charge >= 0.3 is 6.03 Å². The molecule has 0 aliphatic rings. The highest BCUT2D eigenvalue weighted by molar-refractivity contribution is 6.18. The first-order valence-corrected chi connectivity index (χ1v) is 16.2. The van der Waals surface area contributed by atoms with Crippen LogP contribution >= 0.6 is 11.6 Å². The van der Waals surface area contributed by atoms with Gasteiger partial charge in [-0.3, -0.25) is 19.2 Å². The lowest BCUT2D eigenvalue weighted by Crippen LogP contribution is -2.31. The zero-order valence-electron chi connectivity index (χ0n) is 29.1. The van der Waals surface area contributed by atoms with Gasteiger partial charge < -0.3 is 49.8 Å². The van der Waals surface area contributed by atoms with Crippen molar-refractivity contribution in [2.24, 2.45) is 5.29 Å². The van der Waals surface area contributed by atoms with E-state index in [0.717, 1.165) is 13.0 Å². The number of rotatable bonds is 15. The fourth-order valence-electron chi connectivity index (χ4n) is 4.96. The summed E-state index contributed by atoms with van der Waals surface area (Å²) in [6, 6.07) is 5.23. The largest absolute Gasteiger partial charge is 0.355 e. The summed E-state index contributed by atoms with van der Waals surface area (Å²) in [4.78, 5) is 94.9. The molecule has 0 aliphatic carbocycles. The average molecular weight is 725 g/mol. The summed E-state index contributed by atoms with van der Waals surface area (Å²) in [5, 5.41) is 5.68. The summed E-state index contributed by atoms with van der Waals surface area (Å²) in [5.74, 6) is -1.47. The van der Waals surface area contributed by atoms with Gasteiger partial charge in [0.25, 0.3) is 23.6 Å². The minimum atomic E-state index is -0.807.